The van der Waals surface area contributed by atoms with Gasteiger partial charge in [0.2, 0.25) is 0 Å². The topological polar surface area (TPSA) is 13.1 Å². The number of rotatable bonds is 2. The van der Waals surface area contributed by atoms with Crippen molar-refractivity contribution < 1.29 is 4.42 Å². The van der Waals surface area contributed by atoms with Crippen LogP contribution in [0, 0.1) is 4.51 Å². The van der Waals surface area contributed by atoms with E-state index in [2.05, 4.69) is 149 Å². The Balaban J connectivity index is 1.14. The van der Waals surface area contributed by atoms with Gasteiger partial charge in [0.1, 0.15) is 11.2 Å². The Morgan fingerprint density at radius 1 is 0.422 bits per heavy atom. The first-order valence-electron chi connectivity index (χ1n) is 15.7. The van der Waals surface area contributed by atoms with E-state index in [1.54, 1.807) is 0 Å². The molecule has 0 saturated heterocycles. The molecule has 0 aliphatic heterocycles. The van der Waals surface area contributed by atoms with E-state index in [4.69, 9.17) is 16.6 Å². The fourth-order valence-electron chi connectivity index (χ4n) is 7.98. The number of fused-ring (bicyclic) bond motifs is 8. The molecule has 0 unspecified atom stereocenters. The van der Waals surface area contributed by atoms with Crippen molar-refractivity contribution in [2.45, 2.75) is 38.5 Å². The standard InChI is InChI=1S/C43H32OS/c1-42(2)35-11-7-5-9-29(35)31-17-13-27(23-37(31)42)25-15-19-39-33(21-25)41(45)34-22-26(16-20-40(34)44-39)28-14-18-32-30-10-6-8-12-36(30)43(3,4)38(32)24-28/h5-24H,1-4H3. The SMILES string of the molecule is CC1(C)c2ccccc2-c2ccc(-c3ccc4oc5ccc(-c6ccc7c(c6)C(C)(C)c6ccccc6-7)cc5c(=S)c4c3)cc21. The van der Waals surface area contributed by atoms with Gasteiger partial charge in [0.05, 0.1) is 4.51 Å². The largest absolute Gasteiger partial charge is 0.456 e. The van der Waals surface area contributed by atoms with Gasteiger partial charge < -0.3 is 4.42 Å². The molecule has 0 bridgehead atoms. The molecule has 2 heteroatoms. The van der Waals surface area contributed by atoms with Crippen LogP contribution in [-0.2, 0) is 10.8 Å². The zero-order valence-electron chi connectivity index (χ0n) is 25.9. The van der Waals surface area contributed by atoms with E-state index in [1.165, 1.54) is 55.6 Å². The van der Waals surface area contributed by atoms with Gasteiger partial charge in [0.25, 0.3) is 0 Å². The molecular formula is C43H32OS. The quantitative estimate of drug-likeness (QED) is 0.145. The third kappa shape index (κ3) is 3.70. The monoisotopic (exact) mass is 596 g/mol. The summed E-state index contributed by atoms with van der Waals surface area (Å²) in [6.07, 6.45) is 0. The molecular weight excluding hydrogens is 565 g/mol. The minimum Gasteiger partial charge on any atom is -0.456 e. The van der Waals surface area contributed by atoms with Crippen LogP contribution in [0.3, 0.4) is 0 Å². The van der Waals surface area contributed by atoms with Crippen LogP contribution in [0.1, 0.15) is 49.9 Å². The van der Waals surface area contributed by atoms with E-state index in [0.29, 0.717) is 0 Å². The van der Waals surface area contributed by atoms with Crippen LogP contribution in [0.4, 0.5) is 0 Å². The van der Waals surface area contributed by atoms with Crippen molar-refractivity contribution >= 4 is 34.2 Å². The zero-order chi connectivity index (χ0) is 30.7. The lowest BCUT2D eigenvalue weighted by Gasteiger charge is -2.22. The Kier molecular flexibility index (Phi) is 5.39. The van der Waals surface area contributed by atoms with E-state index >= 15 is 0 Å². The molecule has 7 aromatic rings. The summed E-state index contributed by atoms with van der Waals surface area (Å²) in [6, 6.07) is 44.2. The van der Waals surface area contributed by atoms with Crippen molar-refractivity contribution in [3.8, 4) is 44.5 Å². The summed E-state index contributed by atoms with van der Waals surface area (Å²) in [7, 11) is 0. The maximum absolute atomic E-state index is 6.44. The Hall–Kier alpha value is -4.79. The molecule has 9 rings (SSSR count). The summed E-state index contributed by atoms with van der Waals surface area (Å²) in [5.74, 6) is 0. The molecule has 0 N–H and O–H groups in total. The average Bonchev–Trinajstić information content (AvgIpc) is 3.44. The van der Waals surface area contributed by atoms with Crippen LogP contribution in [0.25, 0.3) is 66.4 Å². The number of hydrogen-bond donors (Lipinski definition) is 0. The molecule has 0 saturated carbocycles. The summed E-state index contributed by atoms with van der Waals surface area (Å²) in [6.45, 7) is 9.30. The summed E-state index contributed by atoms with van der Waals surface area (Å²) in [5.41, 5.74) is 17.1. The highest BCUT2D eigenvalue weighted by atomic mass is 32.1. The first kappa shape index (κ1) is 26.6. The molecule has 2 aliphatic carbocycles. The second-order valence-electron chi connectivity index (χ2n) is 13.7. The van der Waals surface area contributed by atoms with E-state index < -0.39 is 0 Å². The van der Waals surface area contributed by atoms with Gasteiger partial charge in [-0.15, -0.1) is 0 Å². The normalized spacial score (nSPS) is 15.1. The van der Waals surface area contributed by atoms with Crippen molar-refractivity contribution in [3.05, 3.63) is 148 Å². The summed E-state index contributed by atoms with van der Waals surface area (Å²) in [4.78, 5) is 0. The van der Waals surface area contributed by atoms with Crippen molar-refractivity contribution in [3.63, 3.8) is 0 Å². The highest BCUT2D eigenvalue weighted by molar-refractivity contribution is 7.72. The van der Waals surface area contributed by atoms with E-state index in [-0.39, 0.29) is 10.8 Å². The van der Waals surface area contributed by atoms with Crippen molar-refractivity contribution in [2.75, 3.05) is 0 Å². The van der Waals surface area contributed by atoms with Gasteiger partial charge in [-0.3, -0.25) is 0 Å². The second kappa shape index (κ2) is 9.12. The maximum Gasteiger partial charge on any atom is 0.136 e. The summed E-state index contributed by atoms with van der Waals surface area (Å²) < 4.78 is 7.27. The third-order valence-corrected chi connectivity index (χ3v) is 10.9. The van der Waals surface area contributed by atoms with Crippen molar-refractivity contribution in [2.24, 2.45) is 0 Å². The van der Waals surface area contributed by atoms with E-state index in [0.717, 1.165) is 37.6 Å². The number of benzene rings is 6. The molecule has 1 aromatic heterocycles. The third-order valence-electron chi connectivity index (χ3n) is 10.5. The molecule has 0 spiro atoms. The molecule has 1 nitrogen and oxygen atoms in total. The molecule has 0 atom stereocenters. The van der Waals surface area contributed by atoms with E-state index in [9.17, 15) is 0 Å². The average molecular weight is 597 g/mol. The smallest absolute Gasteiger partial charge is 0.136 e. The molecule has 45 heavy (non-hydrogen) atoms. The van der Waals surface area contributed by atoms with Crippen molar-refractivity contribution in [1.82, 2.24) is 0 Å². The second-order valence-corrected chi connectivity index (χ2v) is 14.1. The van der Waals surface area contributed by atoms with Gasteiger partial charge in [-0.1, -0.05) is 125 Å². The van der Waals surface area contributed by atoms with Crippen LogP contribution in [-0.4, -0.2) is 0 Å². The lowest BCUT2D eigenvalue weighted by molar-refractivity contribution is 0.659. The first-order chi connectivity index (χ1) is 21.7. The fraction of sp³-hybridized carbons (Fsp3) is 0.140. The maximum atomic E-state index is 6.44. The van der Waals surface area contributed by atoms with Gasteiger partial charge in [0, 0.05) is 21.6 Å². The van der Waals surface area contributed by atoms with Gasteiger partial charge in [-0.2, -0.15) is 0 Å². The molecule has 6 aromatic carbocycles. The van der Waals surface area contributed by atoms with Crippen LogP contribution >= 0.6 is 12.2 Å². The van der Waals surface area contributed by atoms with Gasteiger partial charge in [-0.05, 0) is 103 Å². The molecule has 0 amide bonds. The minimum absolute atomic E-state index is 0.0422. The van der Waals surface area contributed by atoms with E-state index in [1.807, 2.05) is 0 Å². The Morgan fingerprint density at radius 2 is 0.800 bits per heavy atom. The predicted molar refractivity (Wildman–Crippen MR) is 191 cm³/mol. The van der Waals surface area contributed by atoms with Crippen LogP contribution in [0.2, 0.25) is 0 Å². The Morgan fingerprint density at radius 3 is 1.27 bits per heavy atom. The highest BCUT2D eigenvalue weighted by Gasteiger charge is 2.36. The first-order valence-corrected chi connectivity index (χ1v) is 16.1. The Bertz CT molecular complexity index is 2290. The Labute approximate surface area is 268 Å². The summed E-state index contributed by atoms with van der Waals surface area (Å²) in [5, 5.41) is 1.95. The summed E-state index contributed by atoms with van der Waals surface area (Å²) >= 11 is 6.18. The van der Waals surface area contributed by atoms with Crippen LogP contribution in [0.15, 0.2) is 126 Å². The molecule has 2 aliphatic rings. The van der Waals surface area contributed by atoms with Gasteiger partial charge in [0.15, 0.2) is 0 Å². The predicted octanol–water partition coefficient (Wildman–Crippen LogP) is 12.3. The van der Waals surface area contributed by atoms with Crippen LogP contribution < -0.4 is 0 Å². The highest BCUT2D eigenvalue weighted by Crippen LogP contribution is 2.51. The fourth-order valence-corrected chi connectivity index (χ4v) is 8.30. The number of hydrogen-bond acceptors (Lipinski definition) is 2. The van der Waals surface area contributed by atoms with Gasteiger partial charge in [-0.25, -0.2) is 0 Å². The minimum atomic E-state index is -0.0422. The molecule has 1 heterocycles. The molecule has 0 fully saturated rings. The molecule has 216 valence electrons. The van der Waals surface area contributed by atoms with Gasteiger partial charge >= 0.3 is 0 Å². The molecule has 0 radical (unpaired) electrons. The lowest BCUT2D eigenvalue weighted by Crippen LogP contribution is -2.14. The zero-order valence-corrected chi connectivity index (χ0v) is 26.7. The van der Waals surface area contributed by atoms with Crippen molar-refractivity contribution in [1.29, 1.82) is 0 Å². The van der Waals surface area contributed by atoms with Crippen LogP contribution in [0.5, 0.6) is 0 Å². The lowest BCUT2D eigenvalue weighted by atomic mass is 9.81.